The third-order valence-electron chi connectivity index (χ3n) is 8.52. The van der Waals surface area contributed by atoms with Crippen molar-refractivity contribution in [3.8, 4) is 0 Å². The van der Waals surface area contributed by atoms with Crippen molar-refractivity contribution in [2.45, 2.75) is 161 Å². The topological polar surface area (TPSA) is 111 Å². The summed E-state index contributed by atoms with van der Waals surface area (Å²) in [6.07, 6.45) is 42.5. The number of phosphoric acid groups is 1. The van der Waals surface area contributed by atoms with Crippen molar-refractivity contribution in [1.29, 1.82) is 0 Å². The molecule has 0 heterocycles. The summed E-state index contributed by atoms with van der Waals surface area (Å²) < 4.78 is 33.8. The molecule has 0 bridgehead atoms. The van der Waals surface area contributed by atoms with Crippen molar-refractivity contribution in [1.82, 2.24) is 0 Å². The van der Waals surface area contributed by atoms with Gasteiger partial charge in [0, 0.05) is 12.8 Å². The molecule has 54 heavy (non-hydrogen) atoms. The van der Waals surface area contributed by atoms with Crippen LogP contribution in [0.4, 0.5) is 0 Å². The second-order valence-electron chi connectivity index (χ2n) is 15.0. The molecular weight excluding hydrogens is 701 g/mol. The highest BCUT2D eigenvalue weighted by molar-refractivity contribution is 7.45. The number of unbranched alkanes of at least 4 members (excludes halogenated alkanes) is 13. The lowest BCUT2D eigenvalue weighted by Crippen LogP contribution is -2.37. The summed E-state index contributed by atoms with van der Waals surface area (Å²) in [7, 11) is 1.12. The first-order valence-electron chi connectivity index (χ1n) is 21.0. The minimum atomic E-state index is -4.64. The summed E-state index contributed by atoms with van der Waals surface area (Å²) in [5, 5.41) is 0. The minimum Gasteiger partial charge on any atom is -0.756 e. The van der Waals surface area contributed by atoms with Crippen LogP contribution in [0.3, 0.4) is 0 Å². The molecule has 0 fully saturated rings. The van der Waals surface area contributed by atoms with Crippen LogP contribution in [0.5, 0.6) is 0 Å². The average Bonchev–Trinajstić information content (AvgIpc) is 3.12. The Kier molecular flexibility index (Phi) is 34.8. The van der Waals surface area contributed by atoms with Gasteiger partial charge in [0.1, 0.15) is 19.8 Å². The van der Waals surface area contributed by atoms with Gasteiger partial charge in [0.25, 0.3) is 7.82 Å². The molecule has 0 amide bonds. The molecule has 10 heteroatoms. The van der Waals surface area contributed by atoms with Crippen molar-refractivity contribution < 1.29 is 42.1 Å². The first kappa shape index (κ1) is 51.7. The molecule has 0 aliphatic carbocycles. The number of hydrogen-bond acceptors (Lipinski definition) is 8. The Morgan fingerprint density at radius 2 is 1.06 bits per heavy atom. The third-order valence-corrected chi connectivity index (χ3v) is 9.49. The molecule has 0 aromatic carbocycles. The number of esters is 2. The lowest BCUT2D eigenvalue weighted by Gasteiger charge is -2.28. The van der Waals surface area contributed by atoms with E-state index in [-0.39, 0.29) is 26.1 Å². The van der Waals surface area contributed by atoms with Crippen molar-refractivity contribution in [2.75, 3.05) is 47.5 Å². The smallest absolute Gasteiger partial charge is 0.306 e. The fourth-order valence-corrected chi connectivity index (χ4v) is 5.96. The monoisotopic (exact) mass is 780 g/mol. The maximum absolute atomic E-state index is 12.6. The molecule has 0 aliphatic heterocycles. The lowest BCUT2D eigenvalue weighted by atomic mass is 10.1. The van der Waals surface area contributed by atoms with Crippen LogP contribution in [0, 0.1) is 0 Å². The molecule has 0 aromatic heterocycles. The van der Waals surface area contributed by atoms with Crippen molar-refractivity contribution in [3.63, 3.8) is 0 Å². The van der Waals surface area contributed by atoms with Gasteiger partial charge in [0.05, 0.1) is 27.7 Å². The van der Waals surface area contributed by atoms with Gasteiger partial charge in [0.2, 0.25) is 0 Å². The highest BCUT2D eigenvalue weighted by Gasteiger charge is 2.21. The Hall–Kier alpha value is -2.29. The number of allylic oxidation sites excluding steroid dienone is 10. The molecule has 0 aliphatic rings. The summed E-state index contributed by atoms with van der Waals surface area (Å²) in [5.74, 6) is -0.898. The number of nitrogens with zero attached hydrogens (tertiary/aromatic N) is 1. The second-order valence-corrected chi connectivity index (χ2v) is 16.4. The van der Waals surface area contributed by atoms with Gasteiger partial charge >= 0.3 is 11.9 Å². The lowest BCUT2D eigenvalue weighted by molar-refractivity contribution is -0.870. The van der Waals surface area contributed by atoms with Gasteiger partial charge in [0.15, 0.2) is 6.10 Å². The number of likely N-dealkylation sites (N-methyl/N-ethyl adjacent to an activating group) is 1. The zero-order valence-corrected chi connectivity index (χ0v) is 35.8. The Labute approximate surface area is 330 Å². The molecule has 0 spiro atoms. The number of carbonyl (C=O) groups is 2. The average molecular weight is 780 g/mol. The van der Waals surface area contributed by atoms with Crippen LogP contribution in [-0.2, 0) is 32.7 Å². The molecule has 0 rings (SSSR count). The standard InChI is InChI=1S/C44H78NO8P/c1-6-8-10-12-14-16-18-20-22-24-26-28-30-32-34-36-43(46)50-40-42(41-52-54(48,49)51-39-38-45(3,4)5)53-44(47)37-35-33-31-29-27-25-23-21-19-17-15-13-11-9-7-2/h8,10,14,16,20-23,27,29,42H,6-7,9,11-13,15,17-19,24-26,28,30-41H2,1-5H3/b10-8+,16-14+,22-20+,23-21+,29-27+/t42-/m1/s1. The molecule has 9 nitrogen and oxygen atoms in total. The van der Waals surface area contributed by atoms with E-state index >= 15 is 0 Å². The van der Waals surface area contributed by atoms with Gasteiger partial charge in [-0.1, -0.05) is 126 Å². The van der Waals surface area contributed by atoms with E-state index in [1.165, 1.54) is 38.5 Å². The quantitative estimate of drug-likeness (QED) is 0.0201. The number of phosphoric ester groups is 1. The van der Waals surface area contributed by atoms with E-state index in [0.717, 1.165) is 77.0 Å². The van der Waals surface area contributed by atoms with Crippen molar-refractivity contribution in [3.05, 3.63) is 60.8 Å². The van der Waals surface area contributed by atoms with Crippen LogP contribution in [-0.4, -0.2) is 70.0 Å². The van der Waals surface area contributed by atoms with Crippen molar-refractivity contribution in [2.24, 2.45) is 0 Å². The summed E-state index contributed by atoms with van der Waals surface area (Å²) in [6.45, 7) is 4.03. The molecule has 1 unspecified atom stereocenters. The van der Waals surface area contributed by atoms with Gasteiger partial charge < -0.3 is 27.9 Å². The van der Waals surface area contributed by atoms with Crippen LogP contribution in [0.15, 0.2) is 60.8 Å². The Morgan fingerprint density at radius 3 is 1.61 bits per heavy atom. The fourth-order valence-electron chi connectivity index (χ4n) is 5.23. The zero-order chi connectivity index (χ0) is 40.0. The van der Waals surface area contributed by atoms with Gasteiger partial charge in [-0.25, -0.2) is 0 Å². The van der Waals surface area contributed by atoms with E-state index < -0.39 is 32.5 Å². The SMILES string of the molecule is CC/C=C/C/C=C/C/C=C/CCCCCCCC(=O)OC[C@H](COP(=O)([O-])OCC[N+](C)(C)C)OC(=O)CCCC/C=C/C/C=C/CCCCCCCC. The second kappa shape index (κ2) is 36.4. The van der Waals surface area contributed by atoms with E-state index in [2.05, 4.69) is 74.6 Å². The number of quaternary nitrogens is 1. The maximum Gasteiger partial charge on any atom is 0.306 e. The van der Waals surface area contributed by atoms with Gasteiger partial charge in [-0.3, -0.25) is 14.2 Å². The Morgan fingerprint density at radius 1 is 0.593 bits per heavy atom. The molecule has 0 saturated heterocycles. The molecule has 2 atom stereocenters. The predicted octanol–water partition coefficient (Wildman–Crippen LogP) is 11.1. The molecular formula is C44H78NO8P. The number of carbonyl (C=O) groups excluding carboxylic acids is 2. The zero-order valence-electron chi connectivity index (χ0n) is 34.9. The number of rotatable bonds is 37. The third kappa shape index (κ3) is 39.4. The van der Waals surface area contributed by atoms with Gasteiger partial charge in [-0.15, -0.1) is 0 Å². The van der Waals surface area contributed by atoms with E-state index in [9.17, 15) is 19.0 Å². The maximum atomic E-state index is 12.6. The highest BCUT2D eigenvalue weighted by atomic mass is 31.2. The van der Waals surface area contributed by atoms with E-state index in [1.54, 1.807) is 0 Å². The molecule has 0 saturated carbocycles. The van der Waals surface area contributed by atoms with Crippen LogP contribution in [0.25, 0.3) is 0 Å². The fraction of sp³-hybridized carbons (Fsp3) is 0.727. The number of ether oxygens (including phenoxy) is 2. The van der Waals surface area contributed by atoms with Crippen molar-refractivity contribution >= 4 is 19.8 Å². The summed E-state index contributed by atoms with van der Waals surface area (Å²) in [6, 6.07) is 0. The largest absolute Gasteiger partial charge is 0.756 e. The van der Waals surface area contributed by atoms with Crippen LogP contribution in [0.2, 0.25) is 0 Å². The molecule has 0 N–H and O–H groups in total. The van der Waals surface area contributed by atoms with Crippen LogP contribution < -0.4 is 4.89 Å². The molecule has 0 radical (unpaired) electrons. The summed E-state index contributed by atoms with van der Waals surface area (Å²) in [4.78, 5) is 37.4. The summed E-state index contributed by atoms with van der Waals surface area (Å²) >= 11 is 0. The molecule has 0 aromatic rings. The van der Waals surface area contributed by atoms with E-state index in [0.29, 0.717) is 23.9 Å². The van der Waals surface area contributed by atoms with E-state index in [4.69, 9.17) is 18.5 Å². The minimum absolute atomic E-state index is 0.0423. The normalized spacial score (nSPS) is 14.3. The Balaban J connectivity index is 4.48. The summed E-state index contributed by atoms with van der Waals surface area (Å²) in [5.41, 5.74) is 0. The van der Waals surface area contributed by atoms with Gasteiger partial charge in [-0.05, 0) is 77.0 Å². The first-order chi connectivity index (χ1) is 26.0. The van der Waals surface area contributed by atoms with Crippen LogP contribution >= 0.6 is 7.82 Å². The predicted molar refractivity (Wildman–Crippen MR) is 222 cm³/mol. The number of hydrogen-bond donors (Lipinski definition) is 0. The van der Waals surface area contributed by atoms with E-state index in [1.807, 2.05) is 21.1 Å². The Bertz CT molecular complexity index is 1110. The first-order valence-corrected chi connectivity index (χ1v) is 22.5. The van der Waals surface area contributed by atoms with Gasteiger partial charge in [-0.2, -0.15) is 0 Å². The van der Waals surface area contributed by atoms with Crippen LogP contribution in [0.1, 0.15) is 155 Å². The molecule has 312 valence electrons. The highest BCUT2D eigenvalue weighted by Crippen LogP contribution is 2.38.